The monoisotopic (exact) mass is 1130 g/mol. The van der Waals surface area contributed by atoms with Crippen molar-refractivity contribution in [2.24, 2.45) is 10.2 Å². The zero-order valence-electron chi connectivity index (χ0n) is 41.0. The number of phenols is 2. The number of aromatic hydroxyl groups is 2. The van der Waals surface area contributed by atoms with Crippen molar-refractivity contribution in [1.82, 2.24) is 16.0 Å². The largest absolute Gasteiger partial charge is 1.00 e. The minimum absolute atomic E-state index is 0. The van der Waals surface area contributed by atoms with Gasteiger partial charge in [-0.1, -0.05) is 47.5 Å². The first-order chi connectivity index (χ1) is 33.7. The van der Waals surface area contributed by atoms with E-state index in [9.17, 15) is 36.6 Å². The van der Waals surface area contributed by atoms with Gasteiger partial charge in [0.25, 0.3) is 20.2 Å². The molecule has 6 rings (SSSR count). The summed E-state index contributed by atoms with van der Waals surface area (Å²) in [6.07, 6.45) is 5.33. The van der Waals surface area contributed by atoms with Gasteiger partial charge in [0.15, 0.2) is 0 Å². The van der Waals surface area contributed by atoms with E-state index in [1.165, 1.54) is 97.1 Å². The zero-order valence-corrected chi connectivity index (χ0v) is 42.4. The molecular formula is C44H58Cl2CrN7O16S2+3. The van der Waals surface area contributed by atoms with Crippen molar-refractivity contribution in [3.63, 3.8) is 0 Å². The fourth-order valence-electron chi connectivity index (χ4n) is 5.37. The van der Waals surface area contributed by atoms with Crippen LogP contribution in [0.2, 0.25) is 10.0 Å². The standard InChI is InChI=1S/2C16H11ClN2O5S.3C4H11NO2.Cr/c2*17-10-2-6-14(20)13(8-10)18-19-16-12-4-3-11(25(22,23)24)7-9(12)1-5-15(16)21;3*6-3-1-5-2-4-7;/h2*1-8,18,20H,(H,22,23,24);3*5-7H,1-4H2;/p+3/b2*19-16-;;;;. The number of phenolic OH excluding ortho intramolecular Hbond substituents is 2. The molecule has 0 fully saturated rings. The molecule has 2 aliphatic carbocycles. The second-order valence-electron chi connectivity index (χ2n) is 13.9. The summed E-state index contributed by atoms with van der Waals surface area (Å²) in [5.41, 5.74) is 7.19. The van der Waals surface area contributed by atoms with Gasteiger partial charge in [-0.15, -0.1) is 0 Å². The maximum Gasteiger partial charge on any atom is 1.00 e. The summed E-state index contributed by atoms with van der Waals surface area (Å²) < 4.78 is 63.1. The van der Waals surface area contributed by atoms with Crippen LogP contribution in [0.4, 0.5) is 11.4 Å². The van der Waals surface area contributed by atoms with E-state index in [2.05, 4.69) is 37.0 Å². The first-order valence-corrected chi connectivity index (χ1v) is 24.5. The summed E-state index contributed by atoms with van der Waals surface area (Å²) in [6, 6.07) is 16.2. The number of anilines is 2. The van der Waals surface area contributed by atoms with Crippen LogP contribution < -0.4 is 26.8 Å². The number of aliphatic hydroxyl groups excluding tert-OH is 6. The summed E-state index contributed by atoms with van der Waals surface area (Å²) in [4.78, 5) is 23.6. The smallest absolute Gasteiger partial charge is 0.506 e. The molecule has 15 N–H and O–H groups in total. The van der Waals surface area contributed by atoms with E-state index in [4.69, 9.17) is 62.9 Å². The Kier molecular flexibility index (Phi) is 30.9. The van der Waals surface area contributed by atoms with Gasteiger partial charge >= 0.3 is 4.28 Å². The van der Waals surface area contributed by atoms with Crippen LogP contribution in [0.3, 0.4) is 0 Å². The quantitative estimate of drug-likeness (QED) is 0.0290. The van der Waals surface area contributed by atoms with Crippen molar-refractivity contribution >= 4 is 90.0 Å². The number of allylic oxidation sites excluding steroid dienone is 2. The molecule has 394 valence electrons. The summed E-state index contributed by atoms with van der Waals surface area (Å²) >= 11 is 11.7. The summed E-state index contributed by atoms with van der Waals surface area (Å²) in [7, 11) is -8.71. The molecule has 0 unspecified atom stereocenters. The molecule has 4 aromatic rings. The Labute approximate surface area is 440 Å². The van der Waals surface area contributed by atoms with E-state index in [1.54, 1.807) is 0 Å². The second-order valence-corrected chi connectivity index (χ2v) is 17.6. The minimum Gasteiger partial charge on any atom is -0.506 e. The van der Waals surface area contributed by atoms with Crippen molar-refractivity contribution in [3.05, 3.63) is 117 Å². The summed E-state index contributed by atoms with van der Waals surface area (Å²) in [5.74, 6) is -1.01. The van der Waals surface area contributed by atoms with Crippen molar-refractivity contribution in [2.75, 3.05) is 89.8 Å². The van der Waals surface area contributed by atoms with Gasteiger partial charge in [-0.2, -0.15) is 27.0 Å². The van der Waals surface area contributed by atoms with Crippen LogP contribution >= 0.6 is 23.2 Å². The molecule has 0 spiro atoms. The number of hydrazone groups is 2. The molecule has 0 amide bonds. The Morgan fingerprint density at radius 1 is 0.472 bits per heavy atom. The van der Waals surface area contributed by atoms with E-state index in [0.717, 1.165) is 0 Å². The molecule has 2 aliphatic rings. The molecule has 72 heavy (non-hydrogen) atoms. The molecule has 0 radical (unpaired) electrons. The number of hydrogen-bond acceptors (Lipinski definition) is 21. The Bertz CT molecular complexity index is 2550. The number of aliphatic hydroxyl groups is 6. The maximum atomic E-state index is 12.1. The SMILES string of the molecule is O=C1C=Cc2cc(S(=O)(=O)O)ccc2/C1=N/Nc1cc(Cl)ccc1O.O=C1C=Cc2cc(S(=O)(=O)O)ccc2/C1=N/Nc1cc(Cl)ccc1O.OCCNCCO.OCCNCCO.OCCNCCO.[Cr].[H+].[H+].[H+]. The molecule has 0 aliphatic heterocycles. The van der Waals surface area contributed by atoms with Crippen molar-refractivity contribution < 1.29 is 98.0 Å². The van der Waals surface area contributed by atoms with E-state index in [-0.39, 0.29) is 105 Å². The van der Waals surface area contributed by atoms with Crippen LogP contribution in [0.15, 0.2) is 105 Å². The Morgan fingerprint density at radius 3 is 1.06 bits per heavy atom. The molecule has 23 nitrogen and oxygen atoms in total. The second kappa shape index (κ2) is 34.3. The molecule has 0 aromatic heterocycles. The minimum atomic E-state index is -4.35. The first kappa shape index (κ1) is 64.8. The third kappa shape index (κ3) is 23.1. The van der Waals surface area contributed by atoms with Crippen LogP contribution in [-0.2, 0) is 47.2 Å². The number of fused-ring (bicyclic) bond motifs is 2. The van der Waals surface area contributed by atoms with Gasteiger partial charge < -0.3 is 56.8 Å². The fourth-order valence-corrected chi connectivity index (χ4v) is 6.75. The molecule has 0 saturated heterocycles. The third-order valence-electron chi connectivity index (χ3n) is 8.67. The van der Waals surface area contributed by atoms with E-state index in [1.807, 2.05) is 0 Å². The number of carbonyl (C=O) groups excluding carboxylic acids is 2. The molecular weight excluding hydrogens is 1070 g/mol. The molecule has 4 aromatic carbocycles. The van der Waals surface area contributed by atoms with Gasteiger partial charge in [-0.25, -0.2) is 0 Å². The maximum absolute atomic E-state index is 12.1. The number of halogens is 2. The Balaban J connectivity index is -0.000000968. The molecule has 0 atom stereocenters. The van der Waals surface area contributed by atoms with Crippen molar-refractivity contribution in [1.29, 1.82) is 0 Å². The van der Waals surface area contributed by atoms with Crippen molar-refractivity contribution in [3.8, 4) is 11.5 Å². The average Bonchev–Trinajstić information content (AvgIpc) is 3.33. The number of nitrogens with zero attached hydrogens (tertiary/aromatic N) is 2. The normalized spacial score (nSPS) is 13.4. The van der Waals surface area contributed by atoms with Gasteiger partial charge in [-0.05, 0) is 83.9 Å². The summed E-state index contributed by atoms with van der Waals surface area (Å²) in [5, 5.41) is 85.5. The Morgan fingerprint density at radius 2 is 0.778 bits per heavy atom. The van der Waals surface area contributed by atoms with Crippen LogP contribution in [0, 0.1) is 0 Å². The number of ketones is 2. The average molecular weight is 1130 g/mol. The van der Waals surface area contributed by atoms with E-state index < -0.39 is 31.8 Å². The van der Waals surface area contributed by atoms with Crippen LogP contribution in [0.25, 0.3) is 12.2 Å². The molecule has 0 heterocycles. The Hall–Kier alpha value is -5.19. The molecule has 28 heteroatoms. The molecule has 0 bridgehead atoms. The van der Waals surface area contributed by atoms with Gasteiger partial charge in [0.05, 0.1) is 60.8 Å². The number of nitrogens with one attached hydrogen (secondary N) is 5. The first-order valence-electron chi connectivity index (χ1n) is 20.9. The zero-order chi connectivity index (χ0) is 53.0. The number of rotatable bonds is 18. The van der Waals surface area contributed by atoms with E-state index >= 15 is 0 Å². The van der Waals surface area contributed by atoms with E-state index in [0.29, 0.717) is 71.6 Å². The summed E-state index contributed by atoms with van der Waals surface area (Å²) in [6.45, 7) is 4.25. The number of benzene rings is 4. The predicted molar refractivity (Wildman–Crippen MR) is 272 cm³/mol. The van der Waals surface area contributed by atoms with Gasteiger partial charge in [0, 0.05) is 77.8 Å². The third-order valence-corrected chi connectivity index (χ3v) is 10.8. The van der Waals surface area contributed by atoms with Gasteiger partial charge in [0.1, 0.15) is 22.9 Å². The van der Waals surface area contributed by atoms with Gasteiger partial charge in [0.2, 0.25) is 11.6 Å². The van der Waals surface area contributed by atoms with Crippen LogP contribution in [-0.4, -0.2) is 169 Å². The fraction of sp³-hybridized carbons (Fsp3) is 0.273. The van der Waals surface area contributed by atoms with Crippen LogP contribution in [0.1, 0.15) is 26.5 Å². The predicted octanol–water partition coefficient (Wildman–Crippen LogP) is 1.43. The number of carbonyl (C=O) groups is 2. The van der Waals surface area contributed by atoms with Crippen LogP contribution in [0.5, 0.6) is 11.5 Å². The number of hydrogen-bond donors (Lipinski definition) is 15. The topological polar surface area (TPSA) is 390 Å². The van der Waals surface area contributed by atoms with Gasteiger partial charge in [-0.3, -0.25) is 29.5 Å². The van der Waals surface area contributed by atoms with Crippen molar-refractivity contribution in [2.45, 2.75) is 9.79 Å². The molecule has 0 saturated carbocycles.